The van der Waals surface area contributed by atoms with Crippen molar-refractivity contribution < 1.29 is 21.9 Å². The second kappa shape index (κ2) is 17.2. The van der Waals surface area contributed by atoms with Gasteiger partial charge in [-0.2, -0.15) is 8.42 Å². The molecule has 2 N–H and O–H groups in total. The van der Waals surface area contributed by atoms with Gasteiger partial charge in [0, 0.05) is 12.1 Å². The first-order chi connectivity index (χ1) is 14.9. The molecule has 1 rings (SSSR count). The third-order valence-electron chi connectivity index (χ3n) is 5.37. The lowest BCUT2D eigenvalue weighted by Gasteiger charge is -2.15. The minimum atomic E-state index is -4.38. The molecular weight excluding hydrogens is 414 g/mol. The van der Waals surface area contributed by atoms with E-state index in [1.54, 1.807) is 0 Å². The summed E-state index contributed by atoms with van der Waals surface area (Å²) in [5.74, 6) is 0.0718. The predicted octanol–water partition coefficient (Wildman–Crippen LogP) is 6.68. The highest BCUT2D eigenvalue weighted by atomic mass is 32.3. The Labute approximate surface area is 189 Å². The molecule has 0 spiro atoms. The maximum absolute atomic E-state index is 11.9. The number of hydrogen-bond donors (Lipinski definition) is 2. The summed E-state index contributed by atoms with van der Waals surface area (Å²) in [4.78, 5) is 11.9. The van der Waals surface area contributed by atoms with E-state index >= 15 is 0 Å². The van der Waals surface area contributed by atoms with Crippen LogP contribution < -0.4 is 5.32 Å². The van der Waals surface area contributed by atoms with Crippen LogP contribution in [0.3, 0.4) is 0 Å². The summed E-state index contributed by atoms with van der Waals surface area (Å²) in [7, 11) is -4.38. The number of para-hydroxylation sites is 1. The lowest BCUT2D eigenvalue weighted by atomic mass is 10.0. The fourth-order valence-electron chi connectivity index (χ4n) is 3.67. The summed E-state index contributed by atoms with van der Waals surface area (Å²) in [5.41, 5.74) is 0.845. The molecule has 1 aromatic rings. The van der Waals surface area contributed by atoms with Crippen LogP contribution in [0.2, 0.25) is 0 Å². The van der Waals surface area contributed by atoms with Gasteiger partial charge in [-0.25, -0.2) is 4.18 Å². The molecule has 178 valence electrons. The van der Waals surface area contributed by atoms with Crippen LogP contribution in [0.1, 0.15) is 103 Å². The highest BCUT2D eigenvalue weighted by Crippen LogP contribution is 2.18. The maximum atomic E-state index is 11.9. The lowest BCUT2D eigenvalue weighted by molar-refractivity contribution is -0.116. The maximum Gasteiger partial charge on any atom is 0.397 e. The summed E-state index contributed by atoms with van der Waals surface area (Å²) < 4.78 is 35.9. The number of nitrogens with one attached hydrogen (secondary N) is 1. The summed E-state index contributed by atoms with van der Waals surface area (Å²) in [6.07, 6.45) is 14.2. The Bertz CT molecular complexity index is 678. The number of rotatable bonds is 19. The molecule has 0 saturated carbocycles. The standard InChI is InChI=1S/C24H41NO5S/c1-2-3-4-14-19-23(30-31(27,28)29)20-15-9-7-5-6-8-10-16-21-24(26)25-22-17-12-11-13-18-22/h11-13,17-18,23H,2-10,14-16,19-21H2,1H3,(H,25,26)(H,27,28,29). The SMILES string of the molecule is CCCCCCC(CCCCCCCCCCC(=O)Nc1ccccc1)OS(=O)(=O)O. The highest BCUT2D eigenvalue weighted by molar-refractivity contribution is 7.80. The summed E-state index contributed by atoms with van der Waals surface area (Å²) in [5, 5.41) is 2.91. The summed E-state index contributed by atoms with van der Waals surface area (Å²) in [6, 6.07) is 9.52. The van der Waals surface area contributed by atoms with Crippen molar-refractivity contribution in [1.82, 2.24) is 0 Å². The first-order valence-corrected chi connectivity index (χ1v) is 13.3. The Balaban J connectivity index is 2.01. The Hall–Kier alpha value is -1.44. The molecule has 0 aliphatic carbocycles. The van der Waals surface area contributed by atoms with Gasteiger partial charge in [-0.15, -0.1) is 0 Å². The van der Waals surface area contributed by atoms with Gasteiger partial charge in [-0.3, -0.25) is 9.35 Å². The van der Waals surface area contributed by atoms with Crippen molar-refractivity contribution in [2.45, 2.75) is 109 Å². The fourth-order valence-corrected chi connectivity index (χ4v) is 4.21. The number of hydrogen-bond acceptors (Lipinski definition) is 4. The van der Waals surface area contributed by atoms with Crippen LogP contribution in [0.5, 0.6) is 0 Å². The second-order valence-corrected chi connectivity index (χ2v) is 9.32. The van der Waals surface area contributed by atoms with E-state index < -0.39 is 16.5 Å². The minimum Gasteiger partial charge on any atom is -0.326 e. The highest BCUT2D eigenvalue weighted by Gasteiger charge is 2.16. The number of carbonyl (C=O) groups is 1. The van der Waals surface area contributed by atoms with Gasteiger partial charge < -0.3 is 5.32 Å². The minimum absolute atomic E-state index is 0.0718. The summed E-state index contributed by atoms with van der Waals surface area (Å²) in [6.45, 7) is 2.13. The molecule has 0 radical (unpaired) electrons. The molecule has 6 nitrogen and oxygen atoms in total. The molecule has 1 unspecified atom stereocenters. The summed E-state index contributed by atoms with van der Waals surface area (Å²) >= 11 is 0. The van der Waals surface area contributed by atoms with Gasteiger partial charge in [0.05, 0.1) is 6.10 Å². The third-order valence-corrected chi connectivity index (χ3v) is 5.89. The van der Waals surface area contributed by atoms with Gasteiger partial charge in [-0.1, -0.05) is 95.8 Å². The molecule has 1 atom stereocenters. The van der Waals surface area contributed by atoms with E-state index in [1.165, 1.54) is 0 Å². The van der Waals surface area contributed by atoms with Crippen molar-refractivity contribution in [3.8, 4) is 0 Å². The van der Waals surface area contributed by atoms with Crippen LogP contribution in [0, 0.1) is 0 Å². The predicted molar refractivity (Wildman–Crippen MR) is 126 cm³/mol. The first-order valence-electron chi connectivity index (χ1n) is 11.9. The molecule has 1 amide bonds. The quantitative estimate of drug-likeness (QED) is 0.179. The van der Waals surface area contributed by atoms with Gasteiger partial charge >= 0.3 is 10.4 Å². The first kappa shape index (κ1) is 27.6. The van der Waals surface area contributed by atoms with Crippen molar-refractivity contribution in [2.24, 2.45) is 0 Å². The molecule has 0 aliphatic heterocycles. The van der Waals surface area contributed by atoms with Crippen LogP contribution in [0.15, 0.2) is 30.3 Å². The number of unbranched alkanes of at least 4 members (excludes halogenated alkanes) is 10. The number of carbonyl (C=O) groups excluding carboxylic acids is 1. The van der Waals surface area contributed by atoms with Crippen molar-refractivity contribution in [3.05, 3.63) is 30.3 Å². The van der Waals surface area contributed by atoms with Crippen LogP contribution in [-0.4, -0.2) is 25.0 Å². The van der Waals surface area contributed by atoms with E-state index in [9.17, 15) is 13.2 Å². The Morgan fingerprint density at radius 2 is 1.39 bits per heavy atom. The second-order valence-electron chi connectivity index (χ2n) is 8.28. The normalized spacial score (nSPS) is 12.6. The van der Waals surface area contributed by atoms with E-state index in [4.69, 9.17) is 8.74 Å². The van der Waals surface area contributed by atoms with Crippen molar-refractivity contribution in [2.75, 3.05) is 5.32 Å². The molecule has 31 heavy (non-hydrogen) atoms. The Morgan fingerprint density at radius 3 is 1.94 bits per heavy atom. The molecule has 0 bridgehead atoms. The zero-order valence-corrected chi connectivity index (χ0v) is 19.9. The van der Waals surface area contributed by atoms with Crippen LogP contribution in [0.25, 0.3) is 0 Å². The van der Waals surface area contributed by atoms with Crippen LogP contribution in [0.4, 0.5) is 5.69 Å². The topological polar surface area (TPSA) is 92.7 Å². The van der Waals surface area contributed by atoms with E-state index in [1.807, 2.05) is 30.3 Å². The fraction of sp³-hybridized carbons (Fsp3) is 0.708. The molecule has 1 aromatic carbocycles. The van der Waals surface area contributed by atoms with Gasteiger partial charge in [0.25, 0.3) is 0 Å². The van der Waals surface area contributed by atoms with E-state index in [0.29, 0.717) is 19.3 Å². The van der Waals surface area contributed by atoms with Gasteiger partial charge in [0.2, 0.25) is 5.91 Å². The van der Waals surface area contributed by atoms with E-state index in [0.717, 1.165) is 82.7 Å². The Morgan fingerprint density at radius 1 is 0.871 bits per heavy atom. The molecule has 7 heteroatoms. The van der Waals surface area contributed by atoms with Gasteiger partial charge in [0.1, 0.15) is 0 Å². The largest absolute Gasteiger partial charge is 0.397 e. The lowest BCUT2D eigenvalue weighted by Crippen LogP contribution is -2.18. The van der Waals surface area contributed by atoms with Gasteiger partial charge in [-0.05, 0) is 31.4 Å². The molecule has 0 aromatic heterocycles. The molecule has 0 fully saturated rings. The average molecular weight is 456 g/mol. The van der Waals surface area contributed by atoms with E-state index in [-0.39, 0.29) is 5.91 Å². The van der Waals surface area contributed by atoms with Crippen molar-refractivity contribution in [1.29, 1.82) is 0 Å². The number of amides is 1. The van der Waals surface area contributed by atoms with Gasteiger partial charge in [0.15, 0.2) is 0 Å². The van der Waals surface area contributed by atoms with E-state index in [2.05, 4.69) is 12.2 Å². The molecule has 0 saturated heterocycles. The Kier molecular flexibility index (Phi) is 15.3. The van der Waals surface area contributed by atoms with Crippen LogP contribution >= 0.6 is 0 Å². The smallest absolute Gasteiger partial charge is 0.326 e. The van der Waals surface area contributed by atoms with Crippen molar-refractivity contribution in [3.63, 3.8) is 0 Å². The number of anilines is 1. The molecular formula is C24H41NO5S. The zero-order chi connectivity index (χ0) is 22.8. The molecule has 0 heterocycles. The number of benzene rings is 1. The third kappa shape index (κ3) is 16.9. The van der Waals surface area contributed by atoms with Crippen LogP contribution in [-0.2, 0) is 19.4 Å². The monoisotopic (exact) mass is 455 g/mol. The average Bonchev–Trinajstić information content (AvgIpc) is 2.72. The molecule has 0 aliphatic rings. The zero-order valence-electron chi connectivity index (χ0n) is 19.1. The van der Waals surface area contributed by atoms with Crippen molar-refractivity contribution >= 4 is 22.0 Å².